The van der Waals surface area contributed by atoms with Crippen LogP contribution in [-0.4, -0.2) is 39.0 Å². The SMILES string of the molecule is CC1(C)CC(=O)c2c(O)cc(OCC(=O)NCc3nc4ccccc4[nH]3)cc2O1. The number of aromatic amines is 1. The van der Waals surface area contributed by atoms with E-state index in [0.717, 1.165) is 11.0 Å². The molecule has 1 aliphatic rings. The zero-order chi connectivity index (χ0) is 20.6. The number of para-hydroxylation sites is 2. The second-order valence-electron chi connectivity index (χ2n) is 7.54. The van der Waals surface area contributed by atoms with Gasteiger partial charge in [0.05, 0.1) is 24.0 Å². The van der Waals surface area contributed by atoms with Gasteiger partial charge in [-0.1, -0.05) is 12.1 Å². The Kier molecular flexibility index (Phi) is 4.62. The zero-order valence-corrected chi connectivity index (χ0v) is 16.1. The van der Waals surface area contributed by atoms with Crippen molar-refractivity contribution in [3.05, 3.63) is 47.8 Å². The second-order valence-corrected chi connectivity index (χ2v) is 7.54. The fourth-order valence-corrected chi connectivity index (χ4v) is 3.30. The minimum absolute atomic E-state index is 0.144. The fourth-order valence-electron chi connectivity index (χ4n) is 3.30. The smallest absolute Gasteiger partial charge is 0.258 e. The molecule has 0 saturated heterocycles. The first kappa shape index (κ1) is 18.8. The van der Waals surface area contributed by atoms with E-state index in [1.807, 2.05) is 24.3 Å². The molecule has 4 rings (SSSR count). The van der Waals surface area contributed by atoms with Crippen molar-refractivity contribution in [1.82, 2.24) is 15.3 Å². The first-order valence-corrected chi connectivity index (χ1v) is 9.23. The van der Waals surface area contributed by atoms with E-state index in [4.69, 9.17) is 9.47 Å². The lowest BCUT2D eigenvalue weighted by atomic mass is 9.92. The largest absolute Gasteiger partial charge is 0.507 e. The number of rotatable bonds is 5. The molecule has 0 unspecified atom stereocenters. The molecule has 0 atom stereocenters. The number of fused-ring (bicyclic) bond motifs is 2. The van der Waals surface area contributed by atoms with Crippen LogP contribution in [0.25, 0.3) is 11.0 Å². The van der Waals surface area contributed by atoms with Gasteiger partial charge in [0.1, 0.15) is 34.2 Å². The van der Waals surface area contributed by atoms with Gasteiger partial charge < -0.3 is 24.9 Å². The van der Waals surface area contributed by atoms with E-state index in [-0.39, 0.29) is 54.1 Å². The summed E-state index contributed by atoms with van der Waals surface area (Å²) in [5.41, 5.74) is 1.20. The third-order valence-electron chi connectivity index (χ3n) is 4.57. The van der Waals surface area contributed by atoms with Crippen LogP contribution in [0.3, 0.4) is 0 Å². The number of carbonyl (C=O) groups excluding carboxylic acids is 2. The maximum atomic E-state index is 12.2. The van der Waals surface area contributed by atoms with Crippen LogP contribution in [-0.2, 0) is 11.3 Å². The summed E-state index contributed by atoms with van der Waals surface area (Å²) in [4.78, 5) is 31.9. The number of phenolic OH excluding ortho intramolecular Hbond substituents is 1. The van der Waals surface area contributed by atoms with Gasteiger partial charge >= 0.3 is 0 Å². The van der Waals surface area contributed by atoms with E-state index in [1.165, 1.54) is 12.1 Å². The first-order chi connectivity index (χ1) is 13.8. The Morgan fingerprint density at radius 2 is 2.14 bits per heavy atom. The molecular weight excluding hydrogens is 374 g/mol. The number of ketones is 1. The number of phenols is 1. The lowest BCUT2D eigenvalue weighted by Crippen LogP contribution is -2.36. The average molecular weight is 395 g/mol. The lowest BCUT2D eigenvalue weighted by Gasteiger charge is -2.32. The Hall–Kier alpha value is -3.55. The van der Waals surface area contributed by atoms with Gasteiger partial charge in [-0.05, 0) is 26.0 Å². The molecule has 3 N–H and O–H groups in total. The molecule has 2 heterocycles. The van der Waals surface area contributed by atoms with E-state index in [0.29, 0.717) is 5.82 Å². The third-order valence-corrected chi connectivity index (χ3v) is 4.57. The van der Waals surface area contributed by atoms with Crippen molar-refractivity contribution in [3.63, 3.8) is 0 Å². The van der Waals surface area contributed by atoms with Crippen LogP contribution in [0.4, 0.5) is 0 Å². The third kappa shape index (κ3) is 4.01. The minimum atomic E-state index is -0.668. The van der Waals surface area contributed by atoms with Crippen LogP contribution in [0.15, 0.2) is 36.4 Å². The summed E-state index contributed by atoms with van der Waals surface area (Å²) in [7, 11) is 0. The van der Waals surface area contributed by atoms with Gasteiger partial charge in [0.25, 0.3) is 5.91 Å². The first-order valence-electron chi connectivity index (χ1n) is 9.23. The van der Waals surface area contributed by atoms with Crippen LogP contribution in [0.5, 0.6) is 17.2 Å². The van der Waals surface area contributed by atoms with Crippen LogP contribution in [0.2, 0.25) is 0 Å². The topological polar surface area (TPSA) is 114 Å². The molecule has 8 nitrogen and oxygen atoms in total. The Morgan fingerprint density at radius 3 is 2.93 bits per heavy atom. The second kappa shape index (κ2) is 7.12. The molecule has 29 heavy (non-hydrogen) atoms. The summed E-state index contributed by atoms with van der Waals surface area (Å²) in [5, 5.41) is 12.9. The summed E-state index contributed by atoms with van der Waals surface area (Å²) in [6, 6.07) is 10.4. The van der Waals surface area contributed by atoms with Gasteiger partial charge in [-0.3, -0.25) is 9.59 Å². The van der Waals surface area contributed by atoms with Crippen molar-refractivity contribution in [2.75, 3.05) is 6.61 Å². The molecule has 8 heteroatoms. The van der Waals surface area contributed by atoms with Gasteiger partial charge in [0, 0.05) is 12.1 Å². The monoisotopic (exact) mass is 395 g/mol. The number of Topliss-reactive ketones (excluding diaryl/α,β-unsaturated/α-hetero) is 1. The van der Waals surface area contributed by atoms with Gasteiger partial charge in [0.15, 0.2) is 12.4 Å². The number of ether oxygens (including phenoxy) is 2. The molecule has 0 spiro atoms. The number of imidazole rings is 1. The van der Waals surface area contributed by atoms with E-state index in [9.17, 15) is 14.7 Å². The highest BCUT2D eigenvalue weighted by Gasteiger charge is 2.35. The number of hydrogen-bond donors (Lipinski definition) is 3. The van der Waals surface area contributed by atoms with Crippen molar-refractivity contribution in [2.24, 2.45) is 0 Å². The molecule has 3 aromatic rings. The van der Waals surface area contributed by atoms with E-state index < -0.39 is 5.60 Å². The Bertz CT molecular complexity index is 1070. The number of aromatic nitrogens is 2. The van der Waals surface area contributed by atoms with Crippen molar-refractivity contribution in [3.8, 4) is 17.2 Å². The number of benzene rings is 2. The van der Waals surface area contributed by atoms with Crippen molar-refractivity contribution in [2.45, 2.75) is 32.4 Å². The summed E-state index contributed by atoms with van der Waals surface area (Å²) in [5.74, 6) is 0.374. The average Bonchev–Trinajstić information content (AvgIpc) is 3.06. The Morgan fingerprint density at radius 1 is 1.34 bits per heavy atom. The van der Waals surface area contributed by atoms with Gasteiger partial charge in [-0.25, -0.2) is 4.98 Å². The van der Waals surface area contributed by atoms with Crippen molar-refractivity contribution < 1.29 is 24.2 Å². The summed E-state index contributed by atoms with van der Waals surface area (Å²) < 4.78 is 11.2. The molecule has 0 aliphatic carbocycles. The molecule has 1 aliphatic heterocycles. The van der Waals surface area contributed by atoms with Crippen LogP contribution >= 0.6 is 0 Å². The van der Waals surface area contributed by atoms with E-state index in [2.05, 4.69) is 15.3 Å². The maximum absolute atomic E-state index is 12.2. The number of H-pyrrole nitrogens is 1. The molecule has 0 bridgehead atoms. The molecule has 0 radical (unpaired) electrons. The number of nitrogens with one attached hydrogen (secondary N) is 2. The molecule has 0 saturated carbocycles. The zero-order valence-electron chi connectivity index (χ0n) is 16.1. The van der Waals surface area contributed by atoms with Gasteiger partial charge in [-0.15, -0.1) is 0 Å². The highest BCUT2D eigenvalue weighted by molar-refractivity contribution is 6.03. The fraction of sp³-hybridized carbons (Fsp3) is 0.286. The van der Waals surface area contributed by atoms with Crippen molar-refractivity contribution >= 4 is 22.7 Å². The highest BCUT2D eigenvalue weighted by Crippen LogP contribution is 2.40. The molecule has 2 aromatic carbocycles. The maximum Gasteiger partial charge on any atom is 0.258 e. The molecule has 1 amide bonds. The quantitative estimate of drug-likeness (QED) is 0.612. The number of amides is 1. The standard InChI is InChI=1S/C21H21N3O5/c1-21(2)9-16(26)20-15(25)7-12(8-17(20)29-21)28-11-19(27)22-10-18-23-13-5-3-4-6-14(13)24-18/h3-8,25H,9-11H2,1-2H3,(H,22,27)(H,23,24). The van der Waals surface area contributed by atoms with Gasteiger partial charge in [0.2, 0.25) is 0 Å². The van der Waals surface area contributed by atoms with Crippen molar-refractivity contribution in [1.29, 1.82) is 0 Å². The minimum Gasteiger partial charge on any atom is -0.507 e. The van der Waals surface area contributed by atoms with E-state index in [1.54, 1.807) is 13.8 Å². The van der Waals surface area contributed by atoms with Crippen LogP contribution < -0.4 is 14.8 Å². The summed E-state index contributed by atoms with van der Waals surface area (Å²) in [6.07, 6.45) is 0.179. The molecule has 1 aromatic heterocycles. The summed E-state index contributed by atoms with van der Waals surface area (Å²) in [6.45, 7) is 3.57. The normalized spacial score (nSPS) is 14.9. The lowest BCUT2D eigenvalue weighted by molar-refractivity contribution is -0.123. The molecule has 150 valence electrons. The van der Waals surface area contributed by atoms with E-state index >= 15 is 0 Å². The number of aromatic hydroxyl groups is 1. The highest BCUT2D eigenvalue weighted by atomic mass is 16.5. The number of hydrogen-bond acceptors (Lipinski definition) is 6. The molecular formula is C21H21N3O5. The van der Waals surface area contributed by atoms with Gasteiger partial charge in [-0.2, -0.15) is 0 Å². The Labute approximate surface area is 166 Å². The number of nitrogens with zero attached hydrogens (tertiary/aromatic N) is 1. The predicted molar refractivity (Wildman–Crippen MR) is 105 cm³/mol. The summed E-state index contributed by atoms with van der Waals surface area (Å²) >= 11 is 0. The van der Waals surface area contributed by atoms with Crippen LogP contribution in [0, 0.1) is 0 Å². The predicted octanol–water partition coefficient (Wildman–Crippen LogP) is 2.71. The molecule has 0 fully saturated rings. The van der Waals surface area contributed by atoms with Crippen LogP contribution in [0.1, 0.15) is 36.5 Å². The number of carbonyl (C=O) groups is 2. The Balaban J connectivity index is 1.38.